The fourth-order valence-electron chi connectivity index (χ4n) is 2.69. The molecule has 1 aromatic heterocycles. The second-order valence-corrected chi connectivity index (χ2v) is 5.75. The van der Waals surface area contributed by atoms with Gasteiger partial charge in [-0.25, -0.2) is 4.98 Å². The van der Waals surface area contributed by atoms with Gasteiger partial charge in [-0.2, -0.15) is 5.10 Å². The average molecular weight is 318 g/mol. The van der Waals surface area contributed by atoms with Crippen LogP contribution in [0, 0.1) is 0 Å². The SMILES string of the molecule is c1ccc(COc2ccc(-c3nnc4c(n3)CCNC4)cc2)cc1. The first-order chi connectivity index (χ1) is 11.9. The van der Waals surface area contributed by atoms with Crippen molar-refractivity contribution in [1.82, 2.24) is 20.5 Å². The van der Waals surface area contributed by atoms with Gasteiger partial charge in [0.15, 0.2) is 5.82 Å². The summed E-state index contributed by atoms with van der Waals surface area (Å²) in [5.41, 5.74) is 4.10. The van der Waals surface area contributed by atoms with E-state index in [2.05, 4.69) is 32.6 Å². The second kappa shape index (κ2) is 6.76. The van der Waals surface area contributed by atoms with E-state index in [4.69, 9.17) is 4.74 Å². The summed E-state index contributed by atoms with van der Waals surface area (Å²) in [5.74, 6) is 1.50. The summed E-state index contributed by atoms with van der Waals surface area (Å²) in [6, 6.07) is 18.0. The highest BCUT2D eigenvalue weighted by molar-refractivity contribution is 5.56. The van der Waals surface area contributed by atoms with Crippen LogP contribution in [0.4, 0.5) is 0 Å². The van der Waals surface area contributed by atoms with E-state index in [0.29, 0.717) is 12.4 Å². The van der Waals surface area contributed by atoms with E-state index in [0.717, 1.165) is 47.8 Å². The van der Waals surface area contributed by atoms with Crippen molar-refractivity contribution >= 4 is 0 Å². The highest BCUT2D eigenvalue weighted by Gasteiger charge is 2.14. The summed E-state index contributed by atoms with van der Waals surface area (Å²) in [6.07, 6.45) is 0.899. The summed E-state index contributed by atoms with van der Waals surface area (Å²) in [5, 5.41) is 11.8. The zero-order valence-corrected chi connectivity index (χ0v) is 13.3. The van der Waals surface area contributed by atoms with Crippen LogP contribution in [-0.2, 0) is 19.6 Å². The summed E-state index contributed by atoms with van der Waals surface area (Å²) in [6.45, 7) is 2.25. The summed E-state index contributed by atoms with van der Waals surface area (Å²) in [7, 11) is 0. The van der Waals surface area contributed by atoms with Gasteiger partial charge in [0.1, 0.15) is 12.4 Å². The molecule has 0 fully saturated rings. The van der Waals surface area contributed by atoms with Crippen LogP contribution >= 0.6 is 0 Å². The van der Waals surface area contributed by atoms with Crippen molar-refractivity contribution < 1.29 is 4.74 Å². The normalized spacial score (nSPS) is 13.3. The molecule has 2 aromatic carbocycles. The molecular weight excluding hydrogens is 300 g/mol. The van der Waals surface area contributed by atoms with Crippen molar-refractivity contribution in [2.24, 2.45) is 0 Å². The monoisotopic (exact) mass is 318 g/mol. The number of benzene rings is 2. The zero-order chi connectivity index (χ0) is 16.2. The molecule has 5 nitrogen and oxygen atoms in total. The van der Waals surface area contributed by atoms with E-state index >= 15 is 0 Å². The molecule has 0 aliphatic carbocycles. The Balaban J connectivity index is 1.47. The van der Waals surface area contributed by atoms with E-state index in [1.54, 1.807) is 0 Å². The Labute approximate surface area is 140 Å². The van der Waals surface area contributed by atoms with Crippen LogP contribution in [0.5, 0.6) is 5.75 Å². The van der Waals surface area contributed by atoms with E-state index in [9.17, 15) is 0 Å². The number of aromatic nitrogens is 3. The number of hydrogen-bond donors (Lipinski definition) is 1. The van der Waals surface area contributed by atoms with Gasteiger partial charge >= 0.3 is 0 Å². The van der Waals surface area contributed by atoms with E-state index < -0.39 is 0 Å². The molecule has 24 heavy (non-hydrogen) atoms. The maximum absolute atomic E-state index is 5.81. The molecule has 1 aliphatic rings. The third-order valence-corrected chi connectivity index (χ3v) is 4.03. The molecule has 4 rings (SSSR count). The smallest absolute Gasteiger partial charge is 0.182 e. The lowest BCUT2D eigenvalue weighted by molar-refractivity contribution is 0.306. The largest absolute Gasteiger partial charge is 0.489 e. The Kier molecular flexibility index (Phi) is 4.16. The molecule has 0 unspecified atom stereocenters. The van der Waals surface area contributed by atoms with Crippen molar-refractivity contribution in [3.05, 3.63) is 71.5 Å². The predicted octanol–water partition coefficient (Wildman–Crippen LogP) is 2.76. The van der Waals surface area contributed by atoms with Crippen LogP contribution in [-0.4, -0.2) is 21.7 Å². The minimum Gasteiger partial charge on any atom is -0.489 e. The van der Waals surface area contributed by atoms with Crippen molar-refractivity contribution in [1.29, 1.82) is 0 Å². The summed E-state index contributed by atoms with van der Waals surface area (Å²) < 4.78 is 5.81. The summed E-state index contributed by atoms with van der Waals surface area (Å²) >= 11 is 0. The first-order valence-corrected chi connectivity index (χ1v) is 8.09. The van der Waals surface area contributed by atoms with Gasteiger partial charge < -0.3 is 10.1 Å². The Hall–Kier alpha value is -2.79. The molecule has 1 aliphatic heterocycles. The highest BCUT2D eigenvalue weighted by Crippen LogP contribution is 2.21. The Morgan fingerprint density at radius 1 is 0.917 bits per heavy atom. The van der Waals surface area contributed by atoms with E-state index in [-0.39, 0.29) is 0 Å². The maximum atomic E-state index is 5.81. The Morgan fingerprint density at radius 3 is 2.58 bits per heavy atom. The maximum Gasteiger partial charge on any atom is 0.182 e. The molecule has 0 saturated carbocycles. The highest BCUT2D eigenvalue weighted by atomic mass is 16.5. The van der Waals surface area contributed by atoms with Gasteiger partial charge in [0.25, 0.3) is 0 Å². The molecule has 0 amide bonds. The number of ether oxygens (including phenoxy) is 1. The summed E-state index contributed by atoms with van der Waals surface area (Å²) in [4.78, 5) is 4.65. The second-order valence-electron chi connectivity index (χ2n) is 5.75. The van der Waals surface area contributed by atoms with Crippen molar-refractivity contribution in [2.45, 2.75) is 19.6 Å². The van der Waals surface area contributed by atoms with Crippen LogP contribution in [0.3, 0.4) is 0 Å². The third kappa shape index (κ3) is 3.26. The van der Waals surface area contributed by atoms with Crippen molar-refractivity contribution in [3.8, 4) is 17.1 Å². The number of fused-ring (bicyclic) bond motifs is 1. The lowest BCUT2D eigenvalue weighted by atomic mass is 10.1. The average Bonchev–Trinajstić information content (AvgIpc) is 2.67. The van der Waals surface area contributed by atoms with Crippen LogP contribution in [0.2, 0.25) is 0 Å². The topological polar surface area (TPSA) is 59.9 Å². The van der Waals surface area contributed by atoms with Crippen molar-refractivity contribution in [3.63, 3.8) is 0 Å². The third-order valence-electron chi connectivity index (χ3n) is 4.03. The zero-order valence-electron chi connectivity index (χ0n) is 13.3. The predicted molar refractivity (Wildman–Crippen MR) is 91.4 cm³/mol. The molecule has 0 atom stereocenters. The quantitative estimate of drug-likeness (QED) is 0.801. The molecule has 3 aromatic rings. The molecule has 120 valence electrons. The van der Waals surface area contributed by atoms with Gasteiger partial charge in [-0.1, -0.05) is 30.3 Å². The number of nitrogens with zero attached hydrogens (tertiary/aromatic N) is 3. The standard InChI is InChI=1S/C19H18N4O/c1-2-4-14(5-3-1)13-24-16-8-6-15(7-9-16)19-21-17-10-11-20-12-18(17)22-23-19/h1-9,20H,10-13H2. The van der Waals surface area contributed by atoms with E-state index in [1.165, 1.54) is 0 Å². The lowest BCUT2D eigenvalue weighted by Crippen LogP contribution is -2.26. The van der Waals surface area contributed by atoms with Crippen LogP contribution in [0.15, 0.2) is 54.6 Å². The molecule has 5 heteroatoms. The van der Waals surface area contributed by atoms with Crippen LogP contribution in [0.25, 0.3) is 11.4 Å². The Bertz CT molecular complexity index is 819. The van der Waals surface area contributed by atoms with Gasteiger partial charge in [-0.05, 0) is 29.8 Å². The minimum atomic E-state index is 0.560. The molecule has 0 saturated heterocycles. The molecule has 0 spiro atoms. The number of hydrogen-bond acceptors (Lipinski definition) is 5. The number of rotatable bonds is 4. The van der Waals surface area contributed by atoms with E-state index in [1.807, 2.05) is 42.5 Å². The molecular formula is C19H18N4O. The minimum absolute atomic E-state index is 0.560. The molecule has 0 bridgehead atoms. The van der Waals surface area contributed by atoms with Gasteiger partial charge in [-0.15, -0.1) is 5.10 Å². The van der Waals surface area contributed by atoms with Crippen LogP contribution < -0.4 is 10.1 Å². The Morgan fingerprint density at radius 2 is 1.75 bits per heavy atom. The molecule has 1 N–H and O–H groups in total. The molecule has 0 radical (unpaired) electrons. The van der Waals surface area contributed by atoms with Crippen LogP contribution in [0.1, 0.15) is 17.0 Å². The fourth-order valence-corrected chi connectivity index (χ4v) is 2.69. The first kappa shape index (κ1) is 14.8. The fraction of sp³-hybridized carbons (Fsp3) is 0.211. The lowest BCUT2D eigenvalue weighted by Gasteiger charge is -2.14. The van der Waals surface area contributed by atoms with Gasteiger partial charge in [-0.3, -0.25) is 0 Å². The van der Waals surface area contributed by atoms with Gasteiger partial charge in [0.2, 0.25) is 0 Å². The van der Waals surface area contributed by atoms with Crippen molar-refractivity contribution in [2.75, 3.05) is 6.54 Å². The molecule has 2 heterocycles. The van der Waals surface area contributed by atoms with Gasteiger partial charge in [0, 0.05) is 25.1 Å². The van der Waals surface area contributed by atoms with Gasteiger partial charge in [0.05, 0.1) is 11.4 Å². The first-order valence-electron chi connectivity index (χ1n) is 8.09. The number of nitrogens with one attached hydrogen (secondary N) is 1.